The van der Waals surface area contributed by atoms with Gasteiger partial charge in [0.15, 0.2) is 6.10 Å². The van der Waals surface area contributed by atoms with E-state index in [0.717, 1.165) is 5.56 Å². The van der Waals surface area contributed by atoms with E-state index in [2.05, 4.69) is 31.5 Å². The lowest BCUT2D eigenvalue weighted by molar-refractivity contribution is -0.150. The van der Waals surface area contributed by atoms with Gasteiger partial charge in [-0.05, 0) is 30.3 Å². The Morgan fingerprint density at radius 2 is 1.95 bits per heavy atom. The number of hydrogen-bond donors (Lipinski definition) is 1. The first kappa shape index (κ1) is 17.2. The Bertz CT molecular complexity index is 559. The molecule has 0 saturated carbocycles. The van der Waals surface area contributed by atoms with E-state index < -0.39 is 20.1 Å². The predicted molar refractivity (Wildman–Crippen MR) is 87.4 cm³/mol. The molecule has 21 heavy (non-hydrogen) atoms. The summed E-state index contributed by atoms with van der Waals surface area (Å²) in [7, 11) is -1.87. The molecule has 1 atom stereocenters. The molecule has 0 fully saturated rings. The Kier molecular flexibility index (Phi) is 6.41. The number of esters is 1. The lowest BCUT2D eigenvalue weighted by Crippen LogP contribution is -2.37. The van der Waals surface area contributed by atoms with Crippen molar-refractivity contribution in [2.45, 2.75) is 32.7 Å². The van der Waals surface area contributed by atoms with Crippen LogP contribution in [0.25, 0.3) is 0 Å². The van der Waals surface area contributed by atoms with Crippen molar-refractivity contribution >= 4 is 14.0 Å². The second kappa shape index (κ2) is 7.82. The van der Waals surface area contributed by atoms with Crippen molar-refractivity contribution < 1.29 is 14.6 Å². The van der Waals surface area contributed by atoms with Gasteiger partial charge in [0.2, 0.25) is 0 Å². The van der Waals surface area contributed by atoms with Crippen LogP contribution in [0.3, 0.4) is 0 Å². The summed E-state index contributed by atoms with van der Waals surface area (Å²) < 4.78 is 4.89. The molecule has 0 aliphatic carbocycles. The van der Waals surface area contributed by atoms with Crippen LogP contribution >= 0.6 is 0 Å². The summed E-state index contributed by atoms with van der Waals surface area (Å²) in [4.78, 5) is 11.7. The average molecular weight is 302 g/mol. The third-order valence-corrected chi connectivity index (χ3v) is 5.04. The highest BCUT2D eigenvalue weighted by molar-refractivity contribution is 6.83. The molecular weight excluding hydrogens is 280 g/mol. The number of carbonyl (C=O) groups is 1. The Labute approximate surface area is 127 Å². The van der Waals surface area contributed by atoms with E-state index in [0.29, 0.717) is 5.20 Å². The number of ether oxygens (including phenoxy) is 1. The largest absolute Gasteiger partial charge is 0.464 e. The Morgan fingerprint density at radius 1 is 1.33 bits per heavy atom. The van der Waals surface area contributed by atoms with Gasteiger partial charge in [-0.1, -0.05) is 49.7 Å². The minimum Gasteiger partial charge on any atom is -0.464 e. The van der Waals surface area contributed by atoms with E-state index in [1.165, 1.54) is 0 Å². The summed E-state index contributed by atoms with van der Waals surface area (Å²) in [5, 5.41) is 10.9. The summed E-state index contributed by atoms with van der Waals surface area (Å²) >= 11 is 0. The third kappa shape index (κ3) is 5.58. The molecule has 1 aromatic rings. The van der Waals surface area contributed by atoms with Crippen molar-refractivity contribution in [2.24, 2.45) is 0 Å². The molecule has 0 aromatic heterocycles. The van der Waals surface area contributed by atoms with Crippen molar-refractivity contribution in [1.82, 2.24) is 0 Å². The second-order valence-electron chi connectivity index (χ2n) is 5.64. The van der Waals surface area contributed by atoms with Crippen LogP contribution in [-0.4, -0.2) is 31.9 Å². The van der Waals surface area contributed by atoms with Gasteiger partial charge in [-0.2, -0.15) is 0 Å². The van der Waals surface area contributed by atoms with Crippen LogP contribution in [0.5, 0.6) is 0 Å². The fourth-order valence-corrected chi connectivity index (χ4v) is 3.22. The fraction of sp³-hybridized carbons (Fsp3) is 0.353. The molecule has 0 amide bonds. The van der Waals surface area contributed by atoms with Crippen LogP contribution in [0, 0.1) is 11.8 Å². The highest BCUT2D eigenvalue weighted by Crippen LogP contribution is 2.19. The van der Waals surface area contributed by atoms with Crippen LogP contribution in [0.15, 0.2) is 41.6 Å². The van der Waals surface area contributed by atoms with Gasteiger partial charge in [0.1, 0.15) is 0 Å². The van der Waals surface area contributed by atoms with Gasteiger partial charge in [0, 0.05) is 5.56 Å². The van der Waals surface area contributed by atoms with E-state index in [-0.39, 0.29) is 6.61 Å². The molecule has 0 aliphatic rings. The monoisotopic (exact) mass is 302 g/mol. The summed E-state index contributed by atoms with van der Waals surface area (Å²) in [6.45, 7) is 8.16. The van der Waals surface area contributed by atoms with E-state index in [1.807, 2.05) is 30.3 Å². The molecule has 0 saturated heterocycles. The first-order chi connectivity index (χ1) is 9.86. The van der Waals surface area contributed by atoms with Crippen molar-refractivity contribution in [1.29, 1.82) is 0 Å². The van der Waals surface area contributed by atoms with Crippen LogP contribution in [0.1, 0.15) is 12.5 Å². The van der Waals surface area contributed by atoms with E-state index >= 15 is 0 Å². The van der Waals surface area contributed by atoms with Crippen LogP contribution < -0.4 is 0 Å². The Morgan fingerprint density at radius 3 is 2.48 bits per heavy atom. The van der Waals surface area contributed by atoms with E-state index in [4.69, 9.17) is 4.74 Å². The molecule has 0 aliphatic heterocycles. The molecule has 3 nitrogen and oxygen atoms in total. The Balaban J connectivity index is 3.02. The fourth-order valence-electron chi connectivity index (χ4n) is 1.77. The average Bonchev–Trinajstić information content (AvgIpc) is 2.43. The normalized spacial score (nSPS) is 13.1. The second-order valence-corrected chi connectivity index (χ2v) is 10.7. The van der Waals surface area contributed by atoms with Gasteiger partial charge in [-0.3, -0.25) is 0 Å². The Hall–Kier alpha value is -1.83. The van der Waals surface area contributed by atoms with Gasteiger partial charge in [-0.15, -0.1) is 0 Å². The summed E-state index contributed by atoms with van der Waals surface area (Å²) in [6, 6.07) is 9.59. The number of carbonyl (C=O) groups excluding carboxylic acids is 1. The SMILES string of the molecule is CCOC(=O)C(O)/C(=C/C#Cc1ccccc1)[Si](C)(C)C. The van der Waals surface area contributed by atoms with E-state index in [9.17, 15) is 9.90 Å². The molecule has 1 rings (SSSR count). The lowest BCUT2D eigenvalue weighted by atomic mass is 10.2. The summed E-state index contributed by atoms with van der Waals surface area (Å²) in [5.74, 6) is 5.34. The number of allylic oxidation sites excluding steroid dienone is 1. The molecule has 0 radical (unpaired) electrons. The molecule has 0 spiro atoms. The highest BCUT2D eigenvalue weighted by Gasteiger charge is 2.30. The number of aliphatic hydroxyl groups is 1. The summed E-state index contributed by atoms with van der Waals surface area (Å²) in [5.41, 5.74) is 0.898. The first-order valence-electron chi connectivity index (χ1n) is 6.98. The molecule has 1 N–H and O–H groups in total. The van der Waals surface area contributed by atoms with Crippen LogP contribution in [0.4, 0.5) is 0 Å². The highest BCUT2D eigenvalue weighted by atomic mass is 28.3. The molecule has 1 unspecified atom stereocenters. The number of hydrogen-bond acceptors (Lipinski definition) is 3. The number of rotatable bonds is 4. The van der Waals surface area contributed by atoms with Gasteiger partial charge in [0.25, 0.3) is 0 Å². The van der Waals surface area contributed by atoms with Gasteiger partial charge in [-0.25, -0.2) is 4.79 Å². The third-order valence-electron chi connectivity index (χ3n) is 2.89. The molecule has 112 valence electrons. The number of benzene rings is 1. The lowest BCUT2D eigenvalue weighted by Gasteiger charge is -2.23. The minimum atomic E-state index is -1.87. The smallest absolute Gasteiger partial charge is 0.338 e. The van der Waals surface area contributed by atoms with Crippen molar-refractivity contribution in [3.05, 3.63) is 47.2 Å². The zero-order chi connectivity index (χ0) is 15.9. The standard InChI is InChI=1S/C17H22O3Si/c1-5-20-17(19)16(18)15(21(2,3)4)13-9-12-14-10-7-6-8-11-14/h6-8,10-11,13,16,18H,5H2,1-4H3/b15-13-. The van der Waals surface area contributed by atoms with Crippen molar-refractivity contribution in [2.75, 3.05) is 6.61 Å². The minimum absolute atomic E-state index is 0.255. The molecule has 0 bridgehead atoms. The topological polar surface area (TPSA) is 46.5 Å². The molecule has 4 heteroatoms. The van der Waals surface area contributed by atoms with Crippen LogP contribution in [-0.2, 0) is 9.53 Å². The molecule has 0 heterocycles. The zero-order valence-electron chi connectivity index (χ0n) is 13.0. The summed E-state index contributed by atoms with van der Waals surface area (Å²) in [6.07, 6.45) is 0.447. The maximum Gasteiger partial charge on any atom is 0.338 e. The van der Waals surface area contributed by atoms with Gasteiger partial charge >= 0.3 is 5.97 Å². The quantitative estimate of drug-likeness (QED) is 0.528. The van der Waals surface area contributed by atoms with Crippen molar-refractivity contribution in [3.63, 3.8) is 0 Å². The molecule has 1 aromatic carbocycles. The van der Waals surface area contributed by atoms with Gasteiger partial charge in [0.05, 0.1) is 14.7 Å². The molecular formula is C17H22O3Si. The van der Waals surface area contributed by atoms with Crippen molar-refractivity contribution in [3.8, 4) is 11.8 Å². The maximum atomic E-state index is 11.7. The number of aliphatic hydroxyl groups excluding tert-OH is 1. The first-order valence-corrected chi connectivity index (χ1v) is 10.5. The van der Waals surface area contributed by atoms with Crippen LogP contribution in [0.2, 0.25) is 19.6 Å². The van der Waals surface area contributed by atoms with Gasteiger partial charge < -0.3 is 9.84 Å². The maximum absolute atomic E-state index is 11.7. The predicted octanol–water partition coefficient (Wildman–Crippen LogP) is 2.77. The zero-order valence-corrected chi connectivity index (χ0v) is 14.0. The van der Waals surface area contributed by atoms with E-state index in [1.54, 1.807) is 13.0 Å².